The summed E-state index contributed by atoms with van der Waals surface area (Å²) in [5.41, 5.74) is -0.240. The van der Waals surface area contributed by atoms with Crippen molar-refractivity contribution in [3.05, 3.63) is 52.5 Å². The van der Waals surface area contributed by atoms with Gasteiger partial charge in [-0.2, -0.15) is 0 Å². The van der Waals surface area contributed by atoms with Gasteiger partial charge in [-0.1, -0.05) is 0 Å². The third kappa shape index (κ3) is 4.29. The number of benzene rings is 1. The predicted octanol–water partition coefficient (Wildman–Crippen LogP) is 2.31. The summed E-state index contributed by atoms with van der Waals surface area (Å²) in [5, 5.41) is 10.9. The maximum absolute atomic E-state index is 12.8. The standard InChI is InChI=1S/C17H21N3O6S/c1-25-16-11-13(20(21)22)6-7-17(16)27(23,24)18-12-14(15-5-4-10-26-15)19-8-2-3-9-19/h4-7,10-11,14,18H,2-3,8-9,12H2,1H3. The van der Waals surface area contributed by atoms with Gasteiger partial charge in [0.1, 0.15) is 16.4 Å². The topological polar surface area (TPSA) is 115 Å². The molecule has 0 radical (unpaired) electrons. The lowest BCUT2D eigenvalue weighted by Crippen LogP contribution is -2.36. The lowest BCUT2D eigenvalue weighted by Gasteiger charge is -2.26. The minimum absolute atomic E-state index is 0.0765. The number of methoxy groups -OCH3 is 1. The number of rotatable bonds is 8. The van der Waals surface area contributed by atoms with Crippen molar-refractivity contribution < 1.29 is 22.5 Å². The van der Waals surface area contributed by atoms with Crippen molar-refractivity contribution in [2.75, 3.05) is 26.7 Å². The van der Waals surface area contributed by atoms with Crippen LogP contribution >= 0.6 is 0 Å². The minimum atomic E-state index is -3.93. The summed E-state index contributed by atoms with van der Waals surface area (Å²) in [7, 11) is -2.66. The van der Waals surface area contributed by atoms with Gasteiger partial charge in [-0.25, -0.2) is 13.1 Å². The molecule has 1 atom stereocenters. The van der Waals surface area contributed by atoms with E-state index >= 15 is 0 Å². The molecule has 1 N–H and O–H groups in total. The van der Waals surface area contributed by atoms with Crippen LogP contribution in [-0.4, -0.2) is 45.0 Å². The van der Waals surface area contributed by atoms with E-state index < -0.39 is 14.9 Å². The summed E-state index contributed by atoms with van der Waals surface area (Å²) in [5.74, 6) is 0.614. The monoisotopic (exact) mass is 395 g/mol. The Morgan fingerprint density at radius 3 is 2.67 bits per heavy atom. The maximum Gasteiger partial charge on any atom is 0.273 e. The molecule has 0 bridgehead atoms. The molecule has 1 unspecified atom stereocenters. The van der Waals surface area contributed by atoms with Crippen LogP contribution in [0, 0.1) is 10.1 Å². The number of furan rings is 1. The predicted molar refractivity (Wildman–Crippen MR) is 97.1 cm³/mol. The first-order chi connectivity index (χ1) is 12.9. The van der Waals surface area contributed by atoms with Crippen LogP contribution in [0.4, 0.5) is 5.69 Å². The Bertz CT molecular complexity index is 891. The first-order valence-corrected chi connectivity index (χ1v) is 10.0. The Labute approximate surface area is 157 Å². The number of nitro benzene ring substituents is 1. The summed E-state index contributed by atoms with van der Waals surface area (Å²) in [6.45, 7) is 1.86. The molecule has 1 saturated heterocycles. The van der Waals surface area contributed by atoms with E-state index in [4.69, 9.17) is 9.15 Å². The number of hydrogen-bond donors (Lipinski definition) is 1. The van der Waals surface area contributed by atoms with Crippen molar-refractivity contribution in [1.82, 2.24) is 9.62 Å². The Morgan fingerprint density at radius 1 is 1.33 bits per heavy atom. The van der Waals surface area contributed by atoms with Crippen LogP contribution in [0.5, 0.6) is 5.75 Å². The van der Waals surface area contributed by atoms with Gasteiger partial charge in [0.15, 0.2) is 0 Å². The highest BCUT2D eigenvalue weighted by atomic mass is 32.2. The zero-order valence-electron chi connectivity index (χ0n) is 14.8. The van der Waals surface area contributed by atoms with Gasteiger partial charge in [-0.15, -0.1) is 0 Å². The van der Waals surface area contributed by atoms with Crippen LogP contribution in [0.15, 0.2) is 45.9 Å². The molecule has 1 aromatic heterocycles. The van der Waals surface area contributed by atoms with Crippen LogP contribution in [0.2, 0.25) is 0 Å². The second-order valence-electron chi connectivity index (χ2n) is 6.22. The number of non-ortho nitro benzene ring substituents is 1. The molecule has 0 spiro atoms. The third-order valence-electron chi connectivity index (χ3n) is 4.57. The van der Waals surface area contributed by atoms with Gasteiger partial charge in [-0.3, -0.25) is 15.0 Å². The smallest absolute Gasteiger partial charge is 0.273 e. The fourth-order valence-corrected chi connectivity index (χ4v) is 4.39. The highest BCUT2D eigenvalue weighted by Gasteiger charge is 2.29. The highest BCUT2D eigenvalue weighted by molar-refractivity contribution is 7.89. The van der Waals surface area contributed by atoms with E-state index in [2.05, 4.69) is 9.62 Å². The second kappa shape index (κ2) is 8.07. The first-order valence-electron chi connectivity index (χ1n) is 8.52. The number of hydrogen-bond acceptors (Lipinski definition) is 7. The first kappa shape index (κ1) is 19.3. The molecule has 9 nitrogen and oxygen atoms in total. The van der Waals surface area contributed by atoms with E-state index in [1.807, 2.05) is 6.07 Å². The zero-order valence-corrected chi connectivity index (χ0v) is 15.6. The van der Waals surface area contributed by atoms with Crippen molar-refractivity contribution in [2.45, 2.75) is 23.8 Å². The lowest BCUT2D eigenvalue weighted by molar-refractivity contribution is -0.385. The number of likely N-dealkylation sites (tertiary alicyclic amines) is 1. The molecule has 1 aromatic carbocycles. The molecule has 1 aliphatic rings. The summed E-state index contributed by atoms with van der Waals surface area (Å²) in [6, 6.07) is 6.79. The van der Waals surface area contributed by atoms with E-state index in [1.54, 1.807) is 12.3 Å². The molecule has 2 aromatic rings. The maximum atomic E-state index is 12.8. The second-order valence-corrected chi connectivity index (χ2v) is 7.95. The van der Waals surface area contributed by atoms with E-state index in [1.165, 1.54) is 13.2 Å². The summed E-state index contributed by atoms with van der Waals surface area (Å²) >= 11 is 0. The lowest BCUT2D eigenvalue weighted by atomic mass is 10.2. The summed E-state index contributed by atoms with van der Waals surface area (Å²) < 4.78 is 38.7. The van der Waals surface area contributed by atoms with Crippen molar-refractivity contribution in [2.24, 2.45) is 0 Å². The molecule has 2 heterocycles. The average Bonchev–Trinajstić information content (AvgIpc) is 3.35. The molecule has 27 heavy (non-hydrogen) atoms. The van der Waals surface area contributed by atoms with E-state index in [0.29, 0.717) is 5.76 Å². The molecule has 0 amide bonds. The van der Waals surface area contributed by atoms with Crippen LogP contribution in [-0.2, 0) is 10.0 Å². The van der Waals surface area contributed by atoms with Gasteiger partial charge in [0.25, 0.3) is 5.69 Å². The fourth-order valence-electron chi connectivity index (χ4n) is 3.20. The van der Waals surface area contributed by atoms with Gasteiger partial charge < -0.3 is 9.15 Å². The molecule has 10 heteroatoms. The van der Waals surface area contributed by atoms with Crippen LogP contribution in [0.25, 0.3) is 0 Å². The molecular formula is C17H21N3O6S. The molecule has 1 aliphatic heterocycles. The van der Waals surface area contributed by atoms with Crippen molar-refractivity contribution in [3.63, 3.8) is 0 Å². The molecule has 0 saturated carbocycles. The molecule has 3 rings (SSSR count). The Hall–Kier alpha value is -2.43. The fraction of sp³-hybridized carbons (Fsp3) is 0.412. The molecule has 0 aliphatic carbocycles. The quantitative estimate of drug-likeness (QED) is 0.539. The molecule has 146 valence electrons. The summed E-state index contributed by atoms with van der Waals surface area (Å²) in [4.78, 5) is 12.3. The van der Waals surface area contributed by atoms with Gasteiger partial charge in [-0.05, 0) is 44.1 Å². The molecular weight excluding hydrogens is 374 g/mol. The van der Waals surface area contributed by atoms with Crippen molar-refractivity contribution in [1.29, 1.82) is 0 Å². The SMILES string of the molecule is COc1cc([N+](=O)[O-])ccc1S(=O)(=O)NCC(c1ccco1)N1CCCC1. The zero-order chi connectivity index (χ0) is 19.4. The van der Waals surface area contributed by atoms with Crippen LogP contribution < -0.4 is 9.46 Å². The van der Waals surface area contributed by atoms with Gasteiger partial charge >= 0.3 is 0 Å². The van der Waals surface area contributed by atoms with E-state index in [0.717, 1.165) is 38.1 Å². The third-order valence-corrected chi connectivity index (χ3v) is 6.03. The van der Waals surface area contributed by atoms with Gasteiger partial charge in [0.2, 0.25) is 10.0 Å². The minimum Gasteiger partial charge on any atom is -0.495 e. The van der Waals surface area contributed by atoms with Gasteiger partial charge in [0.05, 0.1) is 30.4 Å². The van der Waals surface area contributed by atoms with Crippen LogP contribution in [0.3, 0.4) is 0 Å². The Morgan fingerprint density at radius 2 is 2.07 bits per heavy atom. The number of ether oxygens (including phenoxy) is 1. The van der Waals surface area contributed by atoms with Crippen molar-refractivity contribution in [3.8, 4) is 5.75 Å². The molecule has 1 fully saturated rings. The van der Waals surface area contributed by atoms with Gasteiger partial charge in [0, 0.05) is 12.6 Å². The Balaban J connectivity index is 1.82. The number of sulfonamides is 1. The highest BCUT2D eigenvalue weighted by Crippen LogP contribution is 2.29. The number of nitrogens with one attached hydrogen (secondary N) is 1. The van der Waals surface area contributed by atoms with Crippen LogP contribution in [0.1, 0.15) is 24.6 Å². The normalized spacial score (nSPS) is 16.3. The van der Waals surface area contributed by atoms with E-state index in [9.17, 15) is 18.5 Å². The number of nitro groups is 1. The Kier molecular flexibility index (Phi) is 5.78. The van der Waals surface area contributed by atoms with E-state index in [-0.39, 0.29) is 28.9 Å². The van der Waals surface area contributed by atoms with Crippen molar-refractivity contribution >= 4 is 15.7 Å². The number of nitrogens with zero attached hydrogens (tertiary/aromatic N) is 2. The largest absolute Gasteiger partial charge is 0.495 e. The summed E-state index contributed by atoms with van der Waals surface area (Å²) in [6.07, 6.45) is 3.67. The average molecular weight is 395 g/mol.